The molecule has 0 aliphatic heterocycles. The molecule has 10 heteroatoms. The van der Waals surface area contributed by atoms with Crippen molar-refractivity contribution in [2.75, 3.05) is 17.2 Å². The summed E-state index contributed by atoms with van der Waals surface area (Å²) in [4.78, 5) is 13.9. The number of thiocarbonyl (C=S) groups is 1. The Bertz CT molecular complexity index is 1350. The summed E-state index contributed by atoms with van der Waals surface area (Å²) in [5.74, 6) is 0.167. The lowest BCUT2D eigenvalue weighted by Crippen LogP contribution is -2.21. The molecule has 0 bridgehead atoms. The molecule has 6 nitrogen and oxygen atoms in total. The molecule has 0 unspecified atom stereocenters. The number of carbonyl (C=O) groups excluding carboxylic acids is 1. The minimum atomic E-state index is -0.394. The van der Waals surface area contributed by atoms with E-state index < -0.39 is 5.97 Å². The van der Waals surface area contributed by atoms with Gasteiger partial charge in [-0.2, -0.15) is 5.10 Å². The number of hydrogen-bond acceptors (Lipinski definition) is 5. The van der Waals surface area contributed by atoms with E-state index in [1.807, 2.05) is 67.7 Å². The van der Waals surface area contributed by atoms with Gasteiger partial charge in [0.2, 0.25) is 0 Å². The minimum absolute atomic E-state index is 0.280. The molecular formula is C25H22BrClN4O2S2. The number of carbonyl (C=O) groups is 1. The molecule has 2 N–H and O–H groups in total. The first-order chi connectivity index (χ1) is 16.9. The molecule has 0 saturated heterocycles. The summed E-state index contributed by atoms with van der Waals surface area (Å²) in [6.07, 6.45) is 1.87. The van der Waals surface area contributed by atoms with Gasteiger partial charge in [-0.25, -0.2) is 4.79 Å². The normalized spacial score (nSPS) is 10.7. The fourth-order valence-corrected chi connectivity index (χ4v) is 5.44. The summed E-state index contributed by atoms with van der Waals surface area (Å²) in [6, 6.07) is 17.4. The molecule has 0 radical (unpaired) electrons. The van der Waals surface area contributed by atoms with Crippen LogP contribution in [0, 0.1) is 6.92 Å². The van der Waals surface area contributed by atoms with Crippen molar-refractivity contribution in [3.63, 3.8) is 0 Å². The maximum atomic E-state index is 12.9. The van der Waals surface area contributed by atoms with E-state index in [9.17, 15) is 4.79 Å². The lowest BCUT2D eigenvalue weighted by molar-refractivity contribution is 0.0529. The minimum Gasteiger partial charge on any atom is -0.462 e. The van der Waals surface area contributed by atoms with Crippen LogP contribution in [0.3, 0.4) is 0 Å². The number of halogens is 2. The highest BCUT2D eigenvalue weighted by Crippen LogP contribution is 2.40. The van der Waals surface area contributed by atoms with E-state index >= 15 is 0 Å². The van der Waals surface area contributed by atoms with Gasteiger partial charge >= 0.3 is 5.97 Å². The molecule has 2 aromatic carbocycles. The first-order valence-electron chi connectivity index (χ1n) is 10.8. The standard InChI is InChI=1S/C25H22BrClN4O2S2/c1-3-33-24(32)21-20(17-7-5-4-6-8-17)15(2)35-23(21)29-25(34)28-22-19(26)14-31(30-22)13-16-9-11-18(27)12-10-16/h4-12,14H,3,13H2,1-2H3,(H2,28,29,30,34). The second-order valence-corrected chi connectivity index (χ2v) is 10.5. The molecule has 35 heavy (non-hydrogen) atoms. The molecular weight excluding hydrogens is 568 g/mol. The molecule has 4 aromatic rings. The van der Waals surface area contributed by atoms with E-state index in [-0.39, 0.29) is 6.61 Å². The van der Waals surface area contributed by atoms with Gasteiger partial charge in [0.05, 0.1) is 17.6 Å². The third-order valence-corrected chi connectivity index (χ3v) is 7.12. The maximum Gasteiger partial charge on any atom is 0.341 e. The predicted molar refractivity (Wildman–Crippen MR) is 151 cm³/mol. The molecule has 180 valence electrons. The van der Waals surface area contributed by atoms with Crippen LogP contribution < -0.4 is 10.6 Å². The fraction of sp³-hybridized carbons (Fsp3) is 0.160. The third kappa shape index (κ3) is 6.10. The highest BCUT2D eigenvalue weighted by atomic mass is 79.9. The third-order valence-electron chi connectivity index (χ3n) is 5.06. The number of nitrogens with zero attached hydrogens (tertiary/aromatic N) is 2. The number of hydrogen-bond donors (Lipinski definition) is 2. The number of thiophene rings is 1. The molecule has 0 aliphatic rings. The highest BCUT2D eigenvalue weighted by Gasteiger charge is 2.25. The number of ether oxygens (including phenoxy) is 1. The maximum absolute atomic E-state index is 12.9. The molecule has 0 amide bonds. The fourth-order valence-electron chi connectivity index (χ4n) is 3.56. The topological polar surface area (TPSA) is 68.2 Å². The second kappa shape index (κ2) is 11.3. The smallest absolute Gasteiger partial charge is 0.341 e. The van der Waals surface area contributed by atoms with Gasteiger partial charge in [-0.15, -0.1) is 11.3 Å². The zero-order valence-corrected chi connectivity index (χ0v) is 22.9. The first kappa shape index (κ1) is 25.4. The van der Waals surface area contributed by atoms with Crippen molar-refractivity contribution < 1.29 is 9.53 Å². The average molecular weight is 590 g/mol. The number of esters is 1. The van der Waals surface area contributed by atoms with E-state index in [1.165, 1.54) is 11.3 Å². The van der Waals surface area contributed by atoms with Crippen molar-refractivity contribution >= 4 is 73.0 Å². The van der Waals surface area contributed by atoms with Gasteiger partial charge in [0.25, 0.3) is 0 Å². The Labute approximate surface area is 226 Å². The van der Waals surface area contributed by atoms with Crippen LogP contribution in [0.2, 0.25) is 5.02 Å². The summed E-state index contributed by atoms with van der Waals surface area (Å²) in [6.45, 7) is 4.63. The second-order valence-electron chi connectivity index (χ2n) is 7.55. The van der Waals surface area contributed by atoms with Crippen LogP contribution in [0.25, 0.3) is 11.1 Å². The van der Waals surface area contributed by atoms with Crippen LogP contribution in [-0.4, -0.2) is 27.5 Å². The molecule has 0 spiro atoms. The lowest BCUT2D eigenvalue weighted by Gasteiger charge is -2.11. The molecule has 0 atom stereocenters. The largest absolute Gasteiger partial charge is 0.462 e. The van der Waals surface area contributed by atoms with Crippen molar-refractivity contribution in [3.8, 4) is 11.1 Å². The molecule has 0 aliphatic carbocycles. The average Bonchev–Trinajstić information content (AvgIpc) is 3.34. The van der Waals surface area contributed by atoms with Crippen LogP contribution in [0.15, 0.2) is 65.3 Å². The number of benzene rings is 2. The summed E-state index contributed by atoms with van der Waals surface area (Å²) >= 11 is 16.5. The van der Waals surface area contributed by atoms with Crippen LogP contribution in [0.4, 0.5) is 10.8 Å². The Hall–Kier alpha value is -2.72. The van der Waals surface area contributed by atoms with Gasteiger partial charge in [-0.05, 0) is 65.3 Å². The van der Waals surface area contributed by atoms with Crippen molar-refractivity contribution in [3.05, 3.63) is 86.3 Å². The number of nitrogens with one attached hydrogen (secondary N) is 2. The van der Waals surface area contributed by atoms with Crippen molar-refractivity contribution in [1.29, 1.82) is 0 Å². The molecule has 4 rings (SSSR count). The Morgan fingerprint density at radius 3 is 2.57 bits per heavy atom. The van der Waals surface area contributed by atoms with Gasteiger partial charge in [0, 0.05) is 21.7 Å². The van der Waals surface area contributed by atoms with E-state index in [4.69, 9.17) is 28.6 Å². The Morgan fingerprint density at radius 2 is 1.89 bits per heavy atom. The van der Waals surface area contributed by atoms with E-state index in [1.54, 1.807) is 11.6 Å². The van der Waals surface area contributed by atoms with E-state index in [0.717, 1.165) is 26.0 Å². The summed E-state index contributed by atoms with van der Waals surface area (Å²) in [5.41, 5.74) is 3.32. The van der Waals surface area contributed by atoms with E-state index in [0.29, 0.717) is 33.1 Å². The number of anilines is 2. The summed E-state index contributed by atoms with van der Waals surface area (Å²) < 4.78 is 7.92. The Kier molecular flexibility index (Phi) is 8.22. The van der Waals surface area contributed by atoms with Crippen LogP contribution >= 0.6 is 51.1 Å². The van der Waals surface area contributed by atoms with Gasteiger partial charge < -0.3 is 15.4 Å². The SMILES string of the molecule is CCOC(=O)c1c(NC(=S)Nc2nn(Cc3ccc(Cl)cc3)cc2Br)sc(C)c1-c1ccccc1. The summed E-state index contributed by atoms with van der Waals surface area (Å²) in [7, 11) is 0. The number of aromatic nitrogens is 2. The van der Waals surface area contributed by atoms with Gasteiger partial charge in [-0.3, -0.25) is 4.68 Å². The van der Waals surface area contributed by atoms with Crippen molar-refractivity contribution in [1.82, 2.24) is 9.78 Å². The first-order valence-corrected chi connectivity index (χ1v) is 13.2. The number of rotatable bonds is 7. The van der Waals surface area contributed by atoms with Crippen LogP contribution in [0.5, 0.6) is 0 Å². The van der Waals surface area contributed by atoms with Crippen LogP contribution in [-0.2, 0) is 11.3 Å². The molecule has 0 saturated carbocycles. The predicted octanol–water partition coefficient (Wildman–Crippen LogP) is 7.37. The Balaban J connectivity index is 1.55. The van der Waals surface area contributed by atoms with E-state index in [2.05, 4.69) is 31.7 Å². The van der Waals surface area contributed by atoms with Crippen molar-refractivity contribution in [2.24, 2.45) is 0 Å². The van der Waals surface area contributed by atoms with Crippen LogP contribution in [0.1, 0.15) is 27.7 Å². The zero-order valence-electron chi connectivity index (χ0n) is 19.0. The molecule has 2 aromatic heterocycles. The zero-order chi connectivity index (χ0) is 24.9. The van der Waals surface area contributed by atoms with Gasteiger partial charge in [0.15, 0.2) is 10.9 Å². The highest BCUT2D eigenvalue weighted by molar-refractivity contribution is 9.10. The molecule has 0 fully saturated rings. The van der Waals surface area contributed by atoms with Gasteiger partial charge in [-0.1, -0.05) is 54.1 Å². The van der Waals surface area contributed by atoms with Crippen molar-refractivity contribution in [2.45, 2.75) is 20.4 Å². The monoisotopic (exact) mass is 588 g/mol. The summed E-state index contributed by atoms with van der Waals surface area (Å²) in [5, 5.41) is 12.5. The number of aryl methyl sites for hydroxylation is 1. The molecule has 2 heterocycles. The quantitative estimate of drug-likeness (QED) is 0.173. The Morgan fingerprint density at radius 1 is 1.17 bits per heavy atom. The lowest BCUT2D eigenvalue weighted by atomic mass is 10.0. The van der Waals surface area contributed by atoms with Gasteiger partial charge in [0.1, 0.15) is 10.6 Å².